The highest BCUT2D eigenvalue weighted by atomic mass is 15.3. The molecule has 1 aromatic heterocycles. The number of aliphatic imine (C=N–C) groups is 1. The van der Waals surface area contributed by atoms with E-state index in [1.54, 1.807) is 0 Å². The first kappa shape index (κ1) is 19.5. The number of rotatable bonds is 6. The monoisotopic (exact) mass is 367 g/mol. The van der Waals surface area contributed by atoms with Crippen LogP contribution in [-0.4, -0.2) is 46.8 Å². The minimum atomic E-state index is 0.658. The molecule has 2 atom stereocenters. The van der Waals surface area contributed by atoms with E-state index in [4.69, 9.17) is 4.99 Å². The number of likely N-dealkylation sites (tertiary alicyclic amines) is 1. The Labute approximate surface area is 163 Å². The van der Waals surface area contributed by atoms with Gasteiger partial charge in [-0.05, 0) is 42.7 Å². The molecule has 27 heavy (non-hydrogen) atoms. The summed E-state index contributed by atoms with van der Waals surface area (Å²) < 4.78 is 1.85. The number of hydrogen-bond acceptors (Lipinski definition) is 2. The molecule has 0 amide bonds. The van der Waals surface area contributed by atoms with E-state index in [2.05, 4.69) is 65.7 Å². The SMILES string of the molecule is CCNC(=NCCc1cnn(C)c1)N1CCC(c2ccccc2)C(CC)C1. The lowest BCUT2D eigenvalue weighted by atomic mass is 9.79. The van der Waals surface area contributed by atoms with Crippen molar-refractivity contribution >= 4 is 5.96 Å². The van der Waals surface area contributed by atoms with Gasteiger partial charge in [0, 0.05) is 39.4 Å². The van der Waals surface area contributed by atoms with Crippen LogP contribution in [0.25, 0.3) is 0 Å². The van der Waals surface area contributed by atoms with E-state index in [-0.39, 0.29) is 0 Å². The quantitative estimate of drug-likeness (QED) is 0.628. The summed E-state index contributed by atoms with van der Waals surface area (Å²) in [6, 6.07) is 11.0. The fourth-order valence-corrected chi connectivity index (χ4v) is 4.09. The van der Waals surface area contributed by atoms with Gasteiger partial charge in [-0.2, -0.15) is 5.10 Å². The molecule has 5 heteroatoms. The zero-order valence-corrected chi connectivity index (χ0v) is 16.9. The predicted molar refractivity (Wildman–Crippen MR) is 112 cm³/mol. The van der Waals surface area contributed by atoms with Crippen LogP contribution in [0, 0.1) is 5.92 Å². The highest BCUT2D eigenvalue weighted by molar-refractivity contribution is 5.80. The average molecular weight is 368 g/mol. The van der Waals surface area contributed by atoms with Gasteiger partial charge >= 0.3 is 0 Å². The topological polar surface area (TPSA) is 45.5 Å². The molecule has 0 aliphatic carbocycles. The lowest BCUT2D eigenvalue weighted by molar-refractivity contribution is 0.215. The average Bonchev–Trinajstić information content (AvgIpc) is 3.12. The van der Waals surface area contributed by atoms with Crippen molar-refractivity contribution in [3.8, 4) is 0 Å². The summed E-state index contributed by atoms with van der Waals surface area (Å²) in [5.74, 6) is 2.39. The second-order valence-electron chi connectivity index (χ2n) is 7.43. The van der Waals surface area contributed by atoms with Gasteiger partial charge in [0.15, 0.2) is 5.96 Å². The second-order valence-corrected chi connectivity index (χ2v) is 7.43. The minimum absolute atomic E-state index is 0.658. The Balaban J connectivity index is 1.64. The molecule has 2 unspecified atom stereocenters. The van der Waals surface area contributed by atoms with Crippen molar-refractivity contribution in [1.82, 2.24) is 20.0 Å². The highest BCUT2D eigenvalue weighted by Gasteiger charge is 2.30. The van der Waals surface area contributed by atoms with Crippen LogP contribution in [0.4, 0.5) is 0 Å². The number of aromatic nitrogens is 2. The van der Waals surface area contributed by atoms with E-state index >= 15 is 0 Å². The Morgan fingerprint density at radius 1 is 1.26 bits per heavy atom. The molecule has 0 radical (unpaired) electrons. The van der Waals surface area contributed by atoms with E-state index in [1.807, 2.05) is 17.9 Å². The number of guanidine groups is 1. The molecule has 1 aliphatic rings. The Bertz CT molecular complexity index is 721. The van der Waals surface area contributed by atoms with Crippen LogP contribution in [0.1, 0.15) is 43.7 Å². The lowest BCUT2D eigenvalue weighted by Crippen LogP contribution is -2.48. The Kier molecular flexibility index (Phi) is 6.91. The van der Waals surface area contributed by atoms with Crippen molar-refractivity contribution in [1.29, 1.82) is 0 Å². The number of nitrogens with one attached hydrogen (secondary N) is 1. The van der Waals surface area contributed by atoms with E-state index < -0.39 is 0 Å². The van der Waals surface area contributed by atoms with Crippen LogP contribution in [0.2, 0.25) is 0 Å². The van der Waals surface area contributed by atoms with Crippen LogP contribution in [0.5, 0.6) is 0 Å². The maximum absolute atomic E-state index is 4.90. The van der Waals surface area contributed by atoms with Gasteiger partial charge < -0.3 is 10.2 Å². The van der Waals surface area contributed by atoms with Gasteiger partial charge in [0.25, 0.3) is 0 Å². The van der Waals surface area contributed by atoms with E-state index in [0.717, 1.165) is 38.6 Å². The Morgan fingerprint density at radius 2 is 2.07 bits per heavy atom. The molecule has 0 saturated carbocycles. The summed E-state index contributed by atoms with van der Waals surface area (Å²) in [5.41, 5.74) is 2.73. The zero-order chi connectivity index (χ0) is 19.1. The fraction of sp³-hybridized carbons (Fsp3) is 0.545. The molecule has 1 fully saturated rings. The second kappa shape index (κ2) is 9.58. The summed E-state index contributed by atoms with van der Waals surface area (Å²) in [6.07, 6.45) is 7.32. The van der Waals surface area contributed by atoms with Gasteiger partial charge in [0.05, 0.1) is 6.20 Å². The molecule has 2 heterocycles. The van der Waals surface area contributed by atoms with E-state index in [0.29, 0.717) is 11.8 Å². The molecule has 1 N–H and O–H groups in total. The number of benzene rings is 1. The Morgan fingerprint density at radius 3 is 2.74 bits per heavy atom. The van der Waals surface area contributed by atoms with Crippen molar-refractivity contribution < 1.29 is 0 Å². The first-order chi connectivity index (χ1) is 13.2. The van der Waals surface area contributed by atoms with Gasteiger partial charge in [0.2, 0.25) is 0 Å². The van der Waals surface area contributed by atoms with Crippen molar-refractivity contribution in [2.75, 3.05) is 26.2 Å². The number of piperidine rings is 1. The Hall–Kier alpha value is -2.30. The maximum atomic E-state index is 4.90. The summed E-state index contributed by atoms with van der Waals surface area (Å²) in [6.45, 7) is 8.30. The van der Waals surface area contributed by atoms with E-state index in [9.17, 15) is 0 Å². The van der Waals surface area contributed by atoms with Crippen LogP contribution < -0.4 is 5.32 Å². The zero-order valence-electron chi connectivity index (χ0n) is 16.9. The third kappa shape index (κ3) is 5.12. The summed E-state index contributed by atoms with van der Waals surface area (Å²) in [5, 5.41) is 7.74. The van der Waals surface area contributed by atoms with E-state index in [1.165, 1.54) is 24.0 Å². The van der Waals surface area contributed by atoms with Crippen molar-refractivity contribution in [2.24, 2.45) is 18.0 Å². The molecule has 5 nitrogen and oxygen atoms in total. The van der Waals surface area contributed by atoms with Crippen LogP contribution >= 0.6 is 0 Å². The summed E-state index contributed by atoms with van der Waals surface area (Å²) in [7, 11) is 1.96. The molecule has 0 spiro atoms. The van der Waals surface area contributed by atoms with Gasteiger partial charge in [-0.1, -0.05) is 43.7 Å². The largest absolute Gasteiger partial charge is 0.357 e. The molecule has 146 valence electrons. The molecule has 3 rings (SSSR count). The van der Waals surface area contributed by atoms with Crippen LogP contribution in [-0.2, 0) is 13.5 Å². The van der Waals surface area contributed by atoms with Crippen LogP contribution in [0.15, 0.2) is 47.7 Å². The maximum Gasteiger partial charge on any atom is 0.193 e. The lowest BCUT2D eigenvalue weighted by Gasteiger charge is -2.40. The van der Waals surface area contributed by atoms with Crippen LogP contribution in [0.3, 0.4) is 0 Å². The van der Waals surface area contributed by atoms with Gasteiger partial charge in [-0.25, -0.2) is 0 Å². The van der Waals surface area contributed by atoms with Gasteiger partial charge in [-0.15, -0.1) is 0 Å². The predicted octanol–water partition coefficient (Wildman–Crippen LogP) is 3.44. The summed E-state index contributed by atoms with van der Waals surface area (Å²) >= 11 is 0. The van der Waals surface area contributed by atoms with Gasteiger partial charge in [-0.3, -0.25) is 9.67 Å². The molecule has 0 bridgehead atoms. The van der Waals surface area contributed by atoms with Crippen molar-refractivity contribution in [2.45, 2.75) is 39.0 Å². The van der Waals surface area contributed by atoms with Crippen molar-refractivity contribution in [3.63, 3.8) is 0 Å². The molecule has 2 aromatic rings. The molecular weight excluding hydrogens is 334 g/mol. The minimum Gasteiger partial charge on any atom is -0.357 e. The first-order valence-corrected chi connectivity index (χ1v) is 10.3. The fourth-order valence-electron chi connectivity index (χ4n) is 4.09. The number of nitrogens with zero attached hydrogens (tertiary/aromatic N) is 4. The van der Waals surface area contributed by atoms with Crippen molar-refractivity contribution in [3.05, 3.63) is 53.9 Å². The molecule has 1 aliphatic heterocycles. The smallest absolute Gasteiger partial charge is 0.193 e. The van der Waals surface area contributed by atoms with Gasteiger partial charge in [0.1, 0.15) is 0 Å². The highest BCUT2D eigenvalue weighted by Crippen LogP contribution is 2.34. The number of hydrogen-bond donors (Lipinski definition) is 1. The number of aryl methyl sites for hydroxylation is 1. The molecular formula is C22H33N5. The normalized spacial score (nSPS) is 20.7. The first-order valence-electron chi connectivity index (χ1n) is 10.3. The summed E-state index contributed by atoms with van der Waals surface area (Å²) in [4.78, 5) is 7.36. The standard InChI is InChI=1S/C22H33N5/c1-4-19-17-27(14-12-21(19)20-9-7-6-8-10-20)22(23-5-2)24-13-11-18-15-25-26(3)16-18/h6-10,15-16,19,21H,4-5,11-14,17H2,1-3H3,(H,23,24). The molecule has 1 saturated heterocycles. The molecule has 1 aromatic carbocycles. The third-order valence-corrected chi connectivity index (χ3v) is 5.54. The third-order valence-electron chi connectivity index (χ3n) is 5.54.